The smallest absolute Gasteiger partial charge is 0.305 e. The molecule has 0 amide bonds. The van der Waals surface area contributed by atoms with Crippen molar-refractivity contribution in [2.75, 3.05) is 19.3 Å². The number of rotatable bonds is 11. The second-order valence-electron chi connectivity index (χ2n) is 6.93. The molecule has 1 aliphatic heterocycles. The van der Waals surface area contributed by atoms with Crippen LogP contribution in [-0.4, -0.2) is 36.8 Å². The molecule has 2 aromatic carbocycles. The lowest BCUT2D eigenvalue weighted by atomic mass is 9.95. The number of hydrogen-bond donors (Lipinski definition) is 0. The number of halogens is 1. The highest BCUT2D eigenvalue weighted by Crippen LogP contribution is 2.33. The first kappa shape index (κ1) is 22.6. The monoisotopic (exact) mass is 442 g/mol. The number of carbonyl (C=O) groups is 3. The summed E-state index contributed by atoms with van der Waals surface area (Å²) in [5, 5.41) is 0. The van der Waals surface area contributed by atoms with Gasteiger partial charge in [0.25, 0.3) is 0 Å². The van der Waals surface area contributed by atoms with Crippen LogP contribution in [0.4, 0.5) is 0 Å². The van der Waals surface area contributed by atoms with Gasteiger partial charge in [-0.15, -0.1) is 11.6 Å². The van der Waals surface area contributed by atoms with Gasteiger partial charge in [0, 0.05) is 30.4 Å². The Kier molecular flexibility index (Phi) is 8.24. The van der Waals surface area contributed by atoms with Crippen LogP contribution in [0.15, 0.2) is 54.1 Å². The van der Waals surface area contributed by atoms with Gasteiger partial charge in [-0.25, -0.2) is 0 Å². The van der Waals surface area contributed by atoms with Gasteiger partial charge >= 0.3 is 5.97 Å². The molecule has 2 aromatic rings. The largest absolute Gasteiger partial charge is 0.464 e. The maximum Gasteiger partial charge on any atom is 0.305 e. The highest BCUT2D eigenvalue weighted by Gasteiger charge is 2.18. The number of allylic oxidation sites excluding steroid dienone is 1. The average molecular weight is 443 g/mol. The summed E-state index contributed by atoms with van der Waals surface area (Å²) < 4.78 is 15.6. The molecule has 1 heterocycles. The van der Waals surface area contributed by atoms with E-state index in [4.69, 9.17) is 25.8 Å². The van der Waals surface area contributed by atoms with Gasteiger partial charge in [-0.1, -0.05) is 36.4 Å². The molecule has 6 nitrogen and oxygen atoms in total. The molecular formula is C24H23ClO6. The lowest BCUT2D eigenvalue weighted by Gasteiger charge is -2.08. The zero-order valence-corrected chi connectivity index (χ0v) is 17.7. The number of Topliss-reactive ketones (excluding diaryl/α,β-unsaturated/α-hetero) is 2. The number of benzene rings is 2. The first-order valence-corrected chi connectivity index (χ1v) is 10.5. The zero-order chi connectivity index (χ0) is 22.1. The van der Waals surface area contributed by atoms with Crippen molar-refractivity contribution in [1.29, 1.82) is 0 Å². The van der Waals surface area contributed by atoms with E-state index in [0.29, 0.717) is 29.1 Å². The Balaban J connectivity index is 1.73. The molecule has 162 valence electrons. The summed E-state index contributed by atoms with van der Waals surface area (Å²) in [6.45, 7) is 0.301. The van der Waals surface area contributed by atoms with Crippen LogP contribution >= 0.6 is 11.6 Å². The molecule has 0 atom stereocenters. The third kappa shape index (κ3) is 6.69. The van der Waals surface area contributed by atoms with E-state index in [1.54, 1.807) is 48.5 Å². The van der Waals surface area contributed by atoms with E-state index in [0.717, 1.165) is 5.56 Å². The number of ketones is 2. The zero-order valence-electron chi connectivity index (χ0n) is 17.0. The Morgan fingerprint density at radius 3 is 2.55 bits per heavy atom. The lowest BCUT2D eigenvalue weighted by molar-refractivity contribution is -0.143. The van der Waals surface area contributed by atoms with E-state index in [9.17, 15) is 14.4 Å². The number of alkyl halides is 1. The van der Waals surface area contributed by atoms with Gasteiger partial charge in [0.1, 0.15) is 6.61 Å². The molecule has 0 saturated heterocycles. The Morgan fingerprint density at radius 1 is 1.00 bits per heavy atom. The van der Waals surface area contributed by atoms with Crippen molar-refractivity contribution < 1.29 is 28.6 Å². The highest BCUT2D eigenvalue weighted by molar-refractivity contribution is 6.18. The fourth-order valence-electron chi connectivity index (χ4n) is 3.11. The molecule has 7 heteroatoms. The van der Waals surface area contributed by atoms with Crippen molar-refractivity contribution in [3.8, 4) is 11.5 Å². The van der Waals surface area contributed by atoms with E-state index < -0.39 is 5.97 Å². The molecule has 31 heavy (non-hydrogen) atoms. The molecule has 1 aliphatic rings. The fourth-order valence-corrected chi connectivity index (χ4v) is 3.19. The second-order valence-corrected chi connectivity index (χ2v) is 7.31. The summed E-state index contributed by atoms with van der Waals surface area (Å²) in [5.41, 5.74) is 1.65. The summed E-state index contributed by atoms with van der Waals surface area (Å²) in [6, 6.07) is 14.2. The summed E-state index contributed by atoms with van der Waals surface area (Å²) in [4.78, 5) is 37.2. The van der Waals surface area contributed by atoms with E-state index >= 15 is 0 Å². The summed E-state index contributed by atoms with van der Waals surface area (Å²) >= 11 is 5.50. The molecule has 0 aromatic heterocycles. The minimum atomic E-state index is -0.393. The van der Waals surface area contributed by atoms with Gasteiger partial charge < -0.3 is 14.2 Å². The molecule has 0 bridgehead atoms. The maximum atomic E-state index is 12.9. The summed E-state index contributed by atoms with van der Waals surface area (Å²) in [6.07, 6.45) is 2.24. The Hall–Kier alpha value is -3.12. The molecule has 0 saturated carbocycles. The molecule has 0 aliphatic carbocycles. The maximum absolute atomic E-state index is 12.9. The van der Waals surface area contributed by atoms with Gasteiger partial charge in [-0.05, 0) is 30.2 Å². The van der Waals surface area contributed by atoms with Crippen LogP contribution < -0.4 is 9.47 Å². The van der Waals surface area contributed by atoms with Crippen LogP contribution in [0.1, 0.15) is 41.6 Å². The van der Waals surface area contributed by atoms with Crippen LogP contribution in [0.25, 0.3) is 6.08 Å². The van der Waals surface area contributed by atoms with Gasteiger partial charge in [0.15, 0.2) is 23.1 Å². The topological polar surface area (TPSA) is 78.9 Å². The average Bonchev–Trinajstić information content (AvgIpc) is 3.25. The van der Waals surface area contributed by atoms with Gasteiger partial charge in [0.05, 0.1) is 5.88 Å². The van der Waals surface area contributed by atoms with Crippen LogP contribution in [0, 0.1) is 0 Å². The van der Waals surface area contributed by atoms with Crippen LogP contribution in [0.5, 0.6) is 11.5 Å². The molecule has 0 N–H and O–H groups in total. The van der Waals surface area contributed by atoms with Crippen LogP contribution in [0.3, 0.4) is 0 Å². The molecular weight excluding hydrogens is 420 g/mol. The normalized spacial score (nSPS) is 12.5. The van der Waals surface area contributed by atoms with Crippen molar-refractivity contribution in [3.63, 3.8) is 0 Å². The summed E-state index contributed by atoms with van der Waals surface area (Å²) in [5.74, 6) is 0.733. The van der Waals surface area contributed by atoms with Gasteiger partial charge in [-0.2, -0.15) is 0 Å². The number of carbonyl (C=O) groups excluding carboxylic acids is 3. The quantitative estimate of drug-likeness (QED) is 0.219. The number of hydrogen-bond acceptors (Lipinski definition) is 6. The number of esters is 1. The van der Waals surface area contributed by atoms with E-state index in [2.05, 4.69) is 0 Å². The SMILES string of the molecule is O=C(CCCC(=O)/C(=C\c1ccc2c(c1)OCO2)CC(=O)c1ccccc1)OCCCl. The Labute approximate surface area is 185 Å². The second kappa shape index (κ2) is 11.3. The third-order valence-corrected chi connectivity index (χ3v) is 4.82. The van der Waals surface area contributed by atoms with Crippen molar-refractivity contribution >= 4 is 35.2 Å². The molecule has 3 rings (SSSR count). The fraction of sp³-hybridized carbons (Fsp3) is 0.292. The Morgan fingerprint density at radius 2 is 1.77 bits per heavy atom. The lowest BCUT2D eigenvalue weighted by Crippen LogP contribution is -2.11. The van der Waals surface area contributed by atoms with E-state index in [1.807, 2.05) is 6.07 Å². The first-order valence-electron chi connectivity index (χ1n) is 10.00. The van der Waals surface area contributed by atoms with Crippen molar-refractivity contribution in [2.24, 2.45) is 0 Å². The van der Waals surface area contributed by atoms with Gasteiger partial charge in [-0.3, -0.25) is 14.4 Å². The number of fused-ring (bicyclic) bond motifs is 1. The molecule has 0 fully saturated rings. The number of ether oxygens (including phenoxy) is 3. The first-order chi connectivity index (χ1) is 15.1. The van der Waals surface area contributed by atoms with E-state index in [1.165, 1.54) is 0 Å². The van der Waals surface area contributed by atoms with E-state index in [-0.39, 0.29) is 50.1 Å². The van der Waals surface area contributed by atoms with Gasteiger partial charge in [0.2, 0.25) is 6.79 Å². The standard InChI is InChI=1S/C24H23ClO6/c25-11-12-29-24(28)8-4-7-20(26)19(15-21(27)18-5-2-1-3-6-18)13-17-9-10-22-23(14-17)31-16-30-22/h1-3,5-6,9-10,13-14H,4,7-8,11-12,15-16H2/b19-13-. The minimum Gasteiger partial charge on any atom is -0.464 e. The van der Waals surface area contributed by atoms with Crippen molar-refractivity contribution in [3.05, 3.63) is 65.2 Å². The van der Waals surface area contributed by atoms with Crippen LogP contribution in [-0.2, 0) is 14.3 Å². The summed E-state index contributed by atoms with van der Waals surface area (Å²) in [7, 11) is 0. The van der Waals surface area contributed by atoms with Crippen molar-refractivity contribution in [1.82, 2.24) is 0 Å². The Bertz CT molecular complexity index is 967. The van der Waals surface area contributed by atoms with Crippen LogP contribution in [0.2, 0.25) is 0 Å². The highest BCUT2D eigenvalue weighted by atomic mass is 35.5. The predicted molar refractivity (Wildman–Crippen MR) is 116 cm³/mol. The van der Waals surface area contributed by atoms with Crippen molar-refractivity contribution in [2.45, 2.75) is 25.7 Å². The third-order valence-electron chi connectivity index (χ3n) is 4.67. The molecule has 0 radical (unpaired) electrons. The predicted octanol–water partition coefficient (Wildman–Crippen LogP) is 4.59. The minimum absolute atomic E-state index is 0.0337. The molecule has 0 unspecified atom stereocenters. The molecule has 0 spiro atoms.